The van der Waals surface area contributed by atoms with E-state index >= 15 is 0 Å². The van der Waals surface area contributed by atoms with E-state index in [-0.39, 0.29) is 0 Å². The lowest BCUT2D eigenvalue weighted by Crippen LogP contribution is -2.13. The highest BCUT2D eigenvalue weighted by Crippen LogP contribution is 2.17. The van der Waals surface area contributed by atoms with Crippen LogP contribution in [0.3, 0.4) is 0 Å². The van der Waals surface area contributed by atoms with Crippen molar-refractivity contribution in [2.24, 2.45) is 11.8 Å². The van der Waals surface area contributed by atoms with E-state index in [2.05, 4.69) is 36.7 Å². The second-order valence-corrected chi connectivity index (χ2v) is 4.56. The fraction of sp³-hybridized carbons (Fsp3) is 1.00. The molecule has 0 N–H and O–H groups in total. The molecule has 0 aliphatic rings. The highest BCUT2D eigenvalue weighted by atomic mass is 79.9. The topological polar surface area (TPSA) is 9.23 Å². The maximum Gasteiger partial charge on any atom is 0.0469 e. The molecule has 1 nitrogen and oxygen atoms in total. The molecule has 0 saturated carbocycles. The third-order valence-electron chi connectivity index (χ3n) is 2.42. The van der Waals surface area contributed by atoms with Crippen LogP contribution >= 0.6 is 15.9 Å². The van der Waals surface area contributed by atoms with Crippen molar-refractivity contribution in [3.05, 3.63) is 0 Å². The first kappa shape index (κ1) is 13.4. The van der Waals surface area contributed by atoms with Crippen molar-refractivity contribution in [1.29, 1.82) is 0 Å². The second kappa shape index (κ2) is 9.01. The van der Waals surface area contributed by atoms with Gasteiger partial charge in [-0.1, -0.05) is 43.1 Å². The molecule has 0 fully saturated rings. The van der Waals surface area contributed by atoms with Crippen molar-refractivity contribution >= 4 is 15.9 Å². The Kier molecular flexibility index (Phi) is 9.32. The zero-order valence-electron chi connectivity index (χ0n) is 9.18. The van der Waals surface area contributed by atoms with Crippen molar-refractivity contribution in [2.45, 2.75) is 40.0 Å². The van der Waals surface area contributed by atoms with Crippen molar-refractivity contribution in [1.82, 2.24) is 0 Å². The van der Waals surface area contributed by atoms with Gasteiger partial charge in [-0.05, 0) is 24.7 Å². The molecular weight excluding hydrogens is 228 g/mol. The normalized spacial score (nSPS) is 13.6. The summed E-state index contributed by atoms with van der Waals surface area (Å²) in [5.41, 5.74) is 0. The fourth-order valence-corrected chi connectivity index (χ4v) is 2.24. The number of hydrogen-bond acceptors (Lipinski definition) is 1. The Morgan fingerprint density at radius 2 is 1.92 bits per heavy atom. The Labute approximate surface area is 91.4 Å². The van der Waals surface area contributed by atoms with Gasteiger partial charge >= 0.3 is 0 Å². The predicted molar refractivity (Wildman–Crippen MR) is 62.5 cm³/mol. The SMILES string of the molecule is CCCCOCCC(CBr)C(C)C. The minimum atomic E-state index is 0.758. The average Bonchev–Trinajstić information content (AvgIpc) is 2.10. The average molecular weight is 251 g/mol. The third-order valence-corrected chi connectivity index (χ3v) is 3.25. The van der Waals surface area contributed by atoms with Crippen LogP contribution in [0.1, 0.15) is 40.0 Å². The highest BCUT2D eigenvalue weighted by Gasteiger charge is 2.10. The molecule has 0 aromatic heterocycles. The van der Waals surface area contributed by atoms with Gasteiger partial charge in [0.1, 0.15) is 0 Å². The van der Waals surface area contributed by atoms with Crippen molar-refractivity contribution in [3.8, 4) is 0 Å². The third kappa shape index (κ3) is 7.51. The molecule has 1 unspecified atom stereocenters. The van der Waals surface area contributed by atoms with Gasteiger partial charge in [-0.15, -0.1) is 0 Å². The van der Waals surface area contributed by atoms with Crippen LogP contribution in [0.15, 0.2) is 0 Å². The van der Waals surface area contributed by atoms with Crippen molar-refractivity contribution in [2.75, 3.05) is 18.5 Å². The molecule has 0 aliphatic heterocycles. The Balaban J connectivity index is 3.28. The number of unbranched alkanes of at least 4 members (excludes halogenated alkanes) is 1. The lowest BCUT2D eigenvalue weighted by Gasteiger charge is -2.17. The molecule has 0 bridgehead atoms. The van der Waals surface area contributed by atoms with Crippen LogP contribution in [0.4, 0.5) is 0 Å². The molecule has 2 heteroatoms. The molecule has 0 aliphatic carbocycles. The summed E-state index contributed by atoms with van der Waals surface area (Å²) in [7, 11) is 0. The molecule has 1 atom stereocenters. The Bertz CT molecular complexity index is 104. The summed E-state index contributed by atoms with van der Waals surface area (Å²) >= 11 is 3.54. The monoisotopic (exact) mass is 250 g/mol. The summed E-state index contributed by atoms with van der Waals surface area (Å²) in [6, 6.07) is 0. The van der Waals surface area contributed by atoms with E-state index in [9.17, 15) is 0 Å². The Morgan fingerprint density at radius 3 is 2.38 bits per heavy atom. The maximum absolute atomic E-state index is 5.54. The summed E-state index contributed by atoms with van der Waals surface area (Å²) in [6.07, 6.45) is 3.61. The summed E-state index contributed by atoms with van der Waals surface area (Å²) in [5, 5.41) is 1.10. The summed E-state index contributed by atoms with van der Waals surface area (Å²) in [6.45, 7) is 8.60. The van der Waals surface area contributed by atoms with Gasteiger partial charge < -0.3 is 4.74 Å². The first-order valence-corrected chi connectivity index (χ1v) is 6.48. The van der Waals surface area contributed by atoms with E-state index in [4.69, 9.17) is 4.74 Å². The first-order valence-electron chi connectivity index (χ1n) is 5.36. The van der Waals surface area contributed by atoms with Crippen molar-refractivity contribution in [3.63, 3.8) is 0 Å². The minimum Gasteiger partial charge on any atom is -0.381 e. The smallest absolute Gasteiger partial charge is 0.0469 e. The molecule has 0 radical (unpaired) electrons. The van der Waals surface area contributed by atoms with Gasteiger partial charge in [0.25, 0.3) is 0 Å². The summed E-state index contributed by atoms with van der Waals surface area (Å²) in [5.74, 6) is 1.52. The van der Waals surface area contributed by atoms with E-state index in [0.717, 1.165) is 30.4 Å². The molecule has 0 aromatic rings. The number of hydrogen-bond donors (Lipinski definition) is 0. The van der Waals surface area contributed by atoms with Crippen LogP contribution in [0.25, 0.3) is 0 Å². The highest BCUT2D eigenvalue weighted by molar-refractivity contribution is 9.09. The van der Waals surface area contributed by atoms with E-state index in [1.54, 1.807) is 0 Å². The zero-order valence-corrected chi connectivity index (χ0v) is 10.8. The molecule has 0 amide bonds. The molecular formula is C11H23BrO. The molecule has 80 valence electrons. The maximum atomic E-state index is 5.54. The molecule has 0 saturated heterocycles. The van der Waals surface area contributed by atoms with Gasteiger partial charge in [-0.25, -0.2) is 0 Å². The van der Waals surface area contributed by atoms with Crippen LogP contribution in [0.2, 0.25) is 0 Å². The van der Waals surface area contributed by atoms with Gasteiger partial charge in [0, 0.05) is 18.5 Å². The lowest BCUT2D eigenvalue weighted by atomic mass is 9.95. The van der Waals surface area contributed by atoms with Gasteiger partial charge in [0.2, 0.25) is 0 Å². The lowest BCUT2D eigenvalue weighted by molar-refractivity contribution is 0.114. The van der Waals surface area contributed by atoms with Crippen molar-refractivity contribution < 1.29 is 4.74 Å². The number of ether oxygens (including phenoxy) is 1. The van der Waals surface area contributed by atoms with E-state index in [1.165, 1.54) is 19.3 Å². The number of alkyl halides is 1. The van der Waals surface area contributed by atoms with Crippen LogP contribution in [-0.2, 0) is 4.74 Å². The van der Waals surface area contributed by atoms with Crippen LogP contribution in [-0.4, -0.2) is 18.5 Å². The quantitative estimate of drug-likeness (QED) is 0.470. The standard InChI is InChI=1S/C11H23BrO/c1-4-5-7-13-8-6-11(9-12)10(2)3/h10-11H,4-9H2,1-3H3. The molecule has 0 rings (SSSR count). The van der Waals surface area contributed by atoms with Gasteiger partial charge in [-0.2, -0.15) is 0 Å². The second-order valence-electron chi connectivity index (χ2n) is 3.91. The summed E-state index contributed by atoms with van der Waals surface area (Å²) in [4.78, 5) is 0. The van der Waals surface area contributed by atoms with Gasteiger partial charge in [0.05, 0.1) is 0 Å². The largest absolute Gasteiger partial charge is 0.381 e. The van der Waals surface area contributed by atoms with E-state index in [1.807, 2.05) is 0 Å². The van der Waals surface area contributed by atoms with Gasteiger partial charge in [-0.3, -0.25) is 0 Å². The number of rotatable bonds is 8. The Morgan fingerprint density at radius 1 is 1.23 bits per heavy atom. The molecule has 0 heterocycles. The molecule has 0 spiro atoms. The van der Waals surface area contributed by atoms with E-state index < -0.39 is 0 Å². The molecule has 0 aromatic carbocycles. The van der Waals surface area contributed by atoms with Crippen LogP contribution in [0.5, 0.6) is 0 Å². The summed E-state index contributed by atoms with van der Waals surface area (Å²) < 4.78 is 5.54. The first-order chi connectivity index (χ1) is 6.22. The zero-order chi connectivity index (χ0) is 10.1. The van der Waals surface area contributed by atoms with Crippen LogP contribution < -0.4 is 0 Å². The fourth-order valence-electron chi connectivity index (χ4n) is 1.17. The number of halogens is 1. The van der Waals surface area contributed by atoms with Crippen LogP contribution in [0, 0.1) is 11.8 Å². The minimum absolute atomic E-state index is 0.758. The van der Waals surface area contributed by atoms with E-state index in [0.29, 0.717) is 0 Å². The molecule has 13 heavy (non-hydrogen) atoms. The van der Waals surface area contributed by atoms with Gasteiger partial charge in [0.15, 0.2) is 0 Å². The predicted octanol–water partition coefficient (Wildman–Crippen LogP) is 3.86. The Hall–Kier alpha value is 0.440.